The molecule has 5 heteroatoms. The van der Waals surface area contributed by atoms with E-state index in [1.165, 1.54) is 0 Å². The average molecular weight is 260 g/mol. The molecule has 0 saturated heterocycles. The van der Waals surface area contributed by atoms with E-state index in [-0.39, 0.29) is 12.0 Å². The summed E-state index contributed by atoms with van der Waals surface area (Å²) in [5, 5.41) is 3.17. The molecule has 0 rings (SSSR count). The third kappa shape index (κ3) is 6.93. The smallest absolute Gasteiger partial charge is 0.324 e. The van der Waals surface area contributed by atoms with E-state index in [4.69, 9.17) is 9.47 Å². The molecule has 0 aliphatic carbocycles. The van der Waals surface area contributed by atoms with Gasteiger partial charge in [-0.05, 0) is 27.3 Å². The molecule has 108 valence electrons. The minimum atomic E-state index is -0.269. The molecule has 0 bridgehead atoms. The zero-order chi connectivity index (χ0) is 14.0. The van der Waals surface area contributed by atoms with Crippen LogP contribution in [0.15, 0.2) is 0 Å². The first-order valence-corrected chi connectivity index (χ1v) is 6.69. The number of nitrogens with zero attached hydrogens (tertiary/aromatic N) is 1. The van der Waals surface area contributed by atoms with Gasteiger partial charge in [-0.1, -0.05) is 6.92 Å². The maximum atomic E-state index is 11.8. The monoisotopic (exact) mass is 260 g/mol. The van der Waals surface area contributed by atoms with Crippen molar-refractivity contribution in [3.63, 3.8) is 0 Å². The summed E-state index contributed by atoms with van der Waals surface area (Å²) in [7, 11) is 1.69. The lowest BCUT2D eigenvalue weighted by atomic mass is 10.2. The minimum absolute atomic E-state index is 0.178. The lowest BCUT2D eigenvalue weighted by Gasteiger charge is -2.29. The quantitative estimate of drug-likeness (QED) is 0.591. The standard InChI is InChI=1S/C13H28N2O3/c1-6-14-12(13(16)18-7-2)10-15(11(3)4)8-9-17-5/h11-12,14H,6-10H2,1-5H3. The highest BCUT2D eigenvalue weighted by atomic mass is 16.5. The third-order valence-corrected chi connectivity index (χ3v) is 2.75. The summed E-state index contributed by atoms with van der Waals surface area (Å²) in [6, 6.07) is 0.102. The molecular weight excluding hydrogens is 232 g/mol. The van der Waals surface area contributed by atoms with Crippen molar-refractivity contribution < 1.29 is 14.3 Å². The van der Waals surface area contributed by atoms with Gasteiger partial charge in [0.2, 0.25) is 0 Å². The van der Waals surface area contributed by atoms with Crippen molar-refractivity contribution in [3.8, 4) is 0 Å². The fraction of sp³-hybridized carbons (Fsp3) is 0.923. The van der Waals surface area contributed by atoms with Crippen LogP contribution in [0, 0.1) is 0 Å². The zero-order valence-corrected chi connectivity index (χ0v) is 12.4. The number of carbonyl (C=O) groups excluding carboxylic acids is 1. The predicted octanol–water partition coefficient (Wildman–Crippen LogP) is 0.884. The van der Waals surface area contributed by atoms with E-state index in [9.17, 15) is 4.79 Å². The molecule has 0 radical (unpaired) electrons. The number of methoxy groups -OCH3 is 1. The van der Waals surface area contributed by atoms with Gasteiger partial charge >= 0.3 is 5.97 Å². The Kier molecular flexibility index (Phi) is 9.92. The first kappa shape index (κ1) is 17.4. The summed E-state index contributed by atoms with van der Waals surface area (Å²) in [5.74, 6) is -0.178. The van der Waals surface area contributed by atoms with Crippen molar-refractivity contribution in [2.45, 2.75) is 39.8 Å². The second kappa shape index (κ2) is 10.3. The second-order valence-electron chi connectivity index (χ2n) is 4.44. The molecule has 0 aromatic heterocycles. The molecule has 18 heavy (non-hydrogen) atoms. The Hall–Kier alpha value is -0.650. The lowest BCUT2D eigenvalue weighted by molar-refractivity contribution is -0.146. The summed E-state index contributed by atoms with van der Waals surface area (Å²) in [6.07, 6.45) is 0. The van der Waals surface area contributed by atoms with Gasteiger partial charge in [0, 0.05) is 26.2 Å². The number of carbonyl (C=O) groups is 1. The number of likely N-dealkylation sites (N-methyl/N-ethyl adjacent to an activating group) is 1. The third-order valence-electron chi connectivity index (χ3n) is 2.75. The Bertz CT molecular complexity index is 222. The van der Waals surface area contributed by atoms with E-state index < -0.39 is 0 Å². The van der Waals surface area contributed by atoms with Gasteiger partial charge in [0.15, 0.2) is 0 Å². The van der Waals surface area contributed by atoms with Crippen LogP contribution in [0.4, 0.5) is 0 Å². The molecule has 0 saturated carbocycles. The number of hydrogen-bond acceptors (Lipinski definition) is 5. The summed E-state index contributed by atoms with van der Waals surface area (Å²) in [5.41, 5.74) is 0. The first-order chi connectivity index (χ1) is 8.56. The molecule has 0 aromatic rings. The highest BCUT2D eigenvalue weighted by Crippen LogP contribution is 2.02. The molecular formula is C13H28N2O3. The molecule has 0 aliphatic rings. The van der Waals surface area contributed by atoms with E-state index in [1.54, 1.807) is 7.11 Å². The number of hydrogen-bond donors (Lipinski definition) is 1. The fourth-order valence-corrected chi connectivity index (χ4v) is 1.72. The normalized spacial score (nSPS) is 13.1. The summed E-state index contributed by atoms with van der Waals surface area (Å²) >= 11 is 0. The summed E-state index contributed by atoms with van der Waals surface area (Å²) < 4.78 is 10.2. The SMILES string of the molecule is CCNC(CN(CCOC)C(C)C)C(=O)OCC. The average Bonchev–Trinajstić information content (AvgIpc) is 2.32. The maximum Gasteiger partial charge on any atom is 0.324 e. The zero-order valence-electron chi connectivity index (χ0n) is 12.4. The molecule has 0 spiro atoms. The van der Waals surface area contributed by atoms with E-state index in [0.717, 1.165) is 13.1 Å². The highest BCUT2D eigenvalue weighted by Gasteiger charge is 2.23. The van der Waals surface area contributed by atoms with Crippen molar-refractivity contribution in [2.75, 3.05) is 40.0 Å². The topological polar surface area (TPSA) is 50.8 Å². The highest BCUT2D eigenvalue weighted by molar-refractivity contribution is 5.76. The second-order valence-corrected chi connectivity index (χ2v) is 4.44. The molecule has 1 N–H and O–H groups in total. The number of nitrogens with one attached hydrogen (secondary N) is 1. The van der Waals surface area contributed by atoms with Gasteiger partial charge in [0.05, 0.1) is 13.2 Å². The van der Waals surface area contributed by atoms with Crippen LogP contribution in [0.1, 0.15) is 27.7 Å². The number of esters is 1. The lowest BCUT2D eigenvalue weighted by Crippen LogP contribution is -2.49. The van der Waals surface area contributed by atoms with Gasteiger partial charge in [-0.25, -0.2) is 0 Å². The van der Waals surface area contributed by atoms with Crippen LogP contribution in [0.2, 0.25) is 0 Å². The van der Waals surface area contributed by atoms with Gasteiger partial charge < -0.3 is 14.8 Å². The number of rotatable bonds is 10. The van der Waals surface area contributed by atoms with Crippen LogP contribution < -0.4 is 5.32 Å². The van der Waals surface area contributed by atoms with E-state index in [2.05, 4.69) is 24.1 Å². The van der Waals surface area contributed by atoms with Gasteiger partial charge in [0.1, 0.15) is 6.04 Å². The Labute approximate surface area is 111 Å². The molecule has 0 fully saturated rings. The van der Waals surface area contributed by atoms with Crippen LogP contribution in [0.25, 0.3) is 0 Å². The van der Waals surface area contributed by atoms with Crippen LogP contribution in [0.5, 0.6) is 0 Å². The van der Waals surface area contributed by atoms with Crippen molar-refractivity contribution >= 4 is 5.97 Å². The Morgan fingerprint density at radius 2 is 2.00 bits per heavy atom. The maximum absolute atomic E-state index is 11.8. The summed E-state index contributed by atoms with van der Waals surface area (Å²) in [6.45, 7) is 11.3. The van der Waals surface area contributed by atoms with Crippen LogP contribution >= 0.6 is 0 Å². The molecule has 1 atom stereocenters. The van der Waals surface area contributed by atoms with Crippen molar-refractivity contribution in [1.82, 2.24) is 10.2 Å². The number of ether oxygens (including phenoxy) is 2. The Balaban J connectivity index is 4.44. The van der Waals surface area contributed by atoms with Crippen LogP contribution in [-0.2, 0) is 14.3 Å². The fourth-order valence-electron chi connectivity index (χ4n) is 1.72. The van der Waals surface area contributed by atoms with E-state index >= 15 is 0 Å². The summed E-state index contributed by atoms with van der Waals surface area (Å²) in [4.78, 5) is 14.0. The molecule has 0 heterocycles. The first-order valence-electron chi connectivity index (χ1n) is 6.69. The van der Waals surface area contributed by atoms with Crippen LogP contribution in [0.3, 0.4) is 0 Å². The van der Waals surface area contributed by atoms with Crippen molar-refractivity contribution in [2.24, 2.45) is 0 Å². The van der Waals surface area contributed by atoms with Crippen molar-refractivity contribution in [1.29, 1.82) is 0 Å². The molecule has 0 amide bonds. The molecule has 0 aliphatic heterocycles. The van der Waals surface area contributed by atoms with E-state index in [0.29, 0.717) is 25.8 Å². The van der Waals surface area contributed by atoms with Crippen LogP contribution in [-0.4, -0.2) is 62.9 Å². The van der Waals surface area contributed by atoms with Gasteiger partial charge in [-0.3, -0.25) is 9.69 Å². The van der Waals surface area contributed by atoms with Gasteiger partial charge in [-0.15, -0.1) is 0 Å². The van der Waals surface area contributed by atoms with Crippen molar-refractivity contribution in [3.05, 3.63) is 0 Å². The molecule has 0 aromatic carbocycles. The van der Waals surface area contributed by atoms with E-state index in [1.807, 2.05) is 13.8 Å². The van der Waals surface area contributed by atoms with Gasteiger partial charge in [0.25, 0.3) is 0 Å². The Morgan fingerprint density at radius 1 is 1.33 bits per heavy atom. The minimum Gasteiger partial charge on any atom is -0.465 e. The van der Waals surface area contributed by atoms with Gasteiger partial charge in [-0.2, -0.15) is 0 Å². The largest absolute Gasteiger partial charge is 0.465 e. The molecule has 1 unspecified atom stereocenters. The molecule has 5 nitrogen and oxygen atoms in total. The predicted molar refractivity (Wildman–Crippen MR) is 72.7 cm³/mol. The Morgan fingerprint density at radius 3 is 2.44 bits per heavy atom.